The van der Waals surface area contributed by atoms with E-state index in [0.717, 1.165) is 36.9 Å². The highest BCUT2D eigenvalue weighted by atomic mass is 16.1. The van der Waals surface area contributed by atoms with E-state index in [1.54, 1.807) is 6.20 Å². The predicted octanol–water partition coefficient (Wildman–Crippen LogP) is 1.52. The van der Waals surface area contributed by atoms with Gasteiger partial charge in [-0.25, -0.2) is 0 Å². The highest BCUT2D eigenvalue weighted by Crippen LogP contribution is 2.23. The van der Waals surface area contributed by atoms with Crippen molar-refractivity contribution >= 4 is 5.91 Å². The lowest BCUT2D eigenvalue weighted by Gasteiger charge is -2.27. The summed E-state index contributed by atoms with van der Waals surface area (Å²) in [6, 6.07) is 3.92. The summed E-state index contributed by atoms with van der Waals surface area (Å²) < 4.78 is 0. The Morgan fingerprint density at radius 2 is 2.28 bits per heavy atom. The normalized spacial score (nSPS) is 23.7. The van der Waals surface area contributed by atoms with Crippen molar-refractivity contribution in [2.45, 2.75) is 45.2 Å². The van der Waals surface area contributed by atoms with E-state index in [2.05, 4.69) is 10.3 Å². The van der Waals surface area contributed by atoms with Gasteiger partial charge in [0.25, 0.3) is 0 Å². The standard InChI is InChI=1S/C14H21N3O/c1-10-5-4-8-16-13(10)9-17-14(18)11-6-2-3-7-12(11)15/h4-5,8,11-12H,2-3,6-7,9,15H2,1H3,(H,17,18). The van der Waals surface area contributed by atoms with E-state index in [1.165, 1.54) is 0 Å². The second-order valence-corrected chi connectivity index (χ2v) is 5.04. The molecule has 0 spiro atoms. The van der Waals surface area contributed by atoms with Crippen molar-refractivity contribution in [1.29, 1.82) is 0 Å². The molecule has 0 bridgehead atoms. The minimum Gasteiger partial charge on any atom is -0.350 e. The van der Waals surface area contributed by atoms with Crippen LogP contribution in [0, 0.1) is 12.8 Å². The van der Waals surface area contributed by atoms with Crippen molar-refractivity contribution in [3.63, 3.8) is 0 Å². The zero-order valence-electron chi connectivity index (χ0n) is 10.9. The van der Waals surface area contributed by atoms with Gasteiger partial charge in [0.05, 0.1) is 18.2 Å². The molecule has 0 radical (unpaired) electrons. The maximum Gasteiger partial charge on any atom is 0.224 e. The van der Waals surface area contributed by atoms with Crippen LogP contribution in [0.15, 0.2) is 18.3 Å². The smallest absolute Gasteiger partial charge is 0.224 e. The van der Waals surface area contributed by atoms with Gasteiger partial charge in [-0.3, -0.25) is 9.78 Å². The summed E-state index contributed by atoms with van der Waals surface area (Å²) in [5, 5.41) is 2.96. The molecule has 2 atom stereocenters. The molecule has 1 saturated carbocycles. The van der Waals surface area contributed by atoms with Gasteiger partial charge < -0.3 is 11.1 Å². The molecule has 0 aliphatic heterocycles. The summed E-state index contributed by atoms with van der Waals surface area (Å²) in [5.74, 6) is 0.0509. The fraction of sp³-hybridized carbons (Fsp3) is 0.571. The molecule has 18 heavy (non-hydrogen) atoms. The van der Waals surface area contributed by atoms with E-state index in [1.807, 2.05) is 19.1 Å². The van der Waals surface area contributed by atoms with Crippen LogP contribution in [0.1, 0.15) is 36.9 Å². The van der Waals surface area contributed by atoms with Crippen molar-refractivity contribution < 1.29 is 4.79 Å². The number of carbonyl (C=O) groups excluding carboxylic acids is 1. The Balaban J connectivity index is 1.90. The van der Waals surface area contributed by atoms with Crippen LogP contribution >= 0.6 is 0 Å². The molecule has 1 aliphatic carbocycles. The van der Waals surface area contributed by atoms with Gasteiger partial charge in [-0.1, -0.05) is 18.9 Å². The Hall–Kier alpha value is -1.42. The number of nitrogens with zero attached hydrogens (tertiary/aromatic N) is 1. The van der Waals surface area contributed by atoms with Crippen LogP contribution in [0.4, 0.5) is 0 Å². The first-order valence-electron chi connectivity index (χ1n) is 6.62. The number of aromatic nitrogens is 1. The maximum atomic E-state index is 12.1. The highest BCUT2D eigenvalue weighted by molar-refractivity contribution is 5.79. The molecule has 2 rings (SSSR count). The highest BCUT2D eigenvalue weighted by Gasteiger charge is 2.27. The van der Waals surface area contributed by atoms with Gasteiger partial charge in [-0.05, 0) is 31.4 Å². The third-order valence-electron chi connectivity index (χ3n) is 3.70. The average Bonchev–Trinajstić information content (AvgIpc) is 2.38. The number of aryl methyl sites for hydroxylation is 1. The van der Waals surface area contributed by atoms with Gasteiger partial charge in [0, 0.05) is 12.2 Å². The maximum absolute atomic E-state index is 12.1. The molecule has 1 aromatic heterocycles. The Labute approximate surface area is 108 Å². The molecule has 0 saturated heterocycles. The molecular formula is C14H21N3O. The summed E-state index contributed by atoms with van der Waals surface area (Å²) >= 11 is 0. The largest absolute Gasteiger partial charge is 0.350 e. The van der Waals surface area contributed by atoms with Crippen LogP contribution in [0.5, 0.6) is 0 Å². The van der Waals surface area contributed by atoms with E-state index >= 15 is 0 Å². The van der Waals surface area contributed by atoms with Crippen LogP contribution in [0.2, 0.25) is 0 Å². The van der Waals surface area contributed by atoms with Crippen molar-refractivity contribution in [1.82, 2.24) is 10.3 Å². The number of carbonyl (C=O) groups is 1. The number of rotatable bonds is 3. The topological polar surface area (TPSA) is 68.0 Å². The Bertz CT molecular complexity index is 419. The first kappa shape index (κ1) is 13.0. The summed E-state index contributed by atoms with van der Waals surface area (Å²) in [6.45, 7) is 2.50. The van der Waals surface area contributed by atoms with Crippen LogP contribution in [-0.4, -0.2) is 16.9 Å². The number of hydrogen-bond donors (Lipinski definition) is 2. The lowest BCUT2D eigenvalue weighted by molar-refractivity contribution is -0.126. The zero-order valence-corrected chi connectivity index (χ0v) is 10.9. The SMILES string of the molecule is Cc1cccnc1CNC(=O)C1CCCCC1N. The van der Waals surface area contributed by atoms with Gasteiger partial charge in [0.1, 0.15) is 0 Å². The molecule has 1 aliphatic rings. The molecule has 3 N–H and O–H groups in total. The van der Waals surface area contributed by atoms with Crippen LogP contribution < -0.4 is 11.1 Å². The fourth-order valence-electron chi connectivity index (χ4n) is 2.49. The second kappa shape index (κ2) is 5.96. The van der Waals surface area contributed by atoms with Crippen molar-refractivity contribution in [3.8, 4) is 0 Å². The molecule has 2 unspecified atom stereocenters. The van der Waals surface area contributed by atoms with Crippen LogP contribution in [-0.2, 0) is 11.3 Å². The lowest BCUT2D eigenvalue weighted by Crippen LogP contribution is -2.43. The van der Waals surface area contributed by atoms with Gasteiger partial charge in [0.2, 0.25) is 5.91 Å². The molecule has 1 amide bonds. The molecule has 4 nitrogen and oxygen atoms in total. The van der Waals surface area contributed by atoms with Gasteiger partial charge in [-0.15, -0.1) is 0 Å². The summed E-state index contributed by atoms with van der Waals surface area (Å²) in [6.07, 6.45) is 5.87. The molecule has 1 heterocycles. The molecule has 4 heteroatoms. The van der Waals surface area contributed by atoms with E-state index in [9.17, 15) is 4.79 Å². The molecule has 98 valence electrons. The molecule has 0 aromatic carbocycles. The van der Waals surface area contributed by atoms with Crippen molar-refractivity contribution in [2.75, 3.05) is 0 Å². The third-order valence-corrected chi connectivity index (χ3v) is 3.70. The summed E-state index contributed by atoms with van der Waals surface area (Å²) in [5.41, 5.74) is 8.03. The van der Waals surface area contributed by atoms with Crippen molar-refractivity contribution in [3.05, 3.63) is 29.6 Å². The number of amides is 1. The predicted molar refractivity (Wildman–Crippen MR) is 70.8 cm³/mol. The number of nitrogens with one attached hydrogen (secondary N) is 1. The third kappa shape index (κ3) is 3.07. The Morgan fingerprint density at radius 1 is 1.50 bits per heavy atom. The number of nitrogens with two attached hydrogens (primary N) is 1. The summed E-state index contributed by atoms with van der Waals surface area (Å²) in [7, 11) is 0. The Morgan fingerprint density at radius 3 is 3.00 bits per heavy atom. The van der Waals surface area contributed by atoms with Gasteiger partial charge in [0.15, 0.2) is 0 Å². The van der Waals surface area contributed by atoms with E-state index in [0.29, 0.717) is 6.54 Å². The minimum absolute atomic E-state index is 0.0172. The van der Waals surface area contributed by atoms with E-state index < -0.39 is 0 Å². The quantitative estimate of drug-likeness (QED) is 0.851. The molecule has 1 aromatic rings. The fourth-order valence-corrected chi connectivity index (χ4v) is 2.49. The lowest BCUT2D eigenvalue weighted by atomic mass is 9.84. The van der Waals surface area contributed by atoms with Crippen molar-refractivity contribution in [2.24, 2.45) is 11.7 Å². The monoisotopic (exact) mass is 247 g/mol. The number of pyridine rings is 1. The van der Waals surface area contributed by atoms with E-state index in [4.69, 9.17) is 5.73 Å². The van der Waals surface area contributed by atoms with E-state index in [-0.39, 0.29) is 17.9 Å². The van der Waals surface area contributed by atoms with Crippen LogP contribution in [0.25, 0.3) is 0 Å². The molecular weight excluding hydrogens is 226 g/mol. The Kier molecular flexibility index (Phi) is 4.31. The minimum atomic E-state index is -0.0252. The number of hydrogen-bond acceptors (Lipinski definition) is 3. The molecule has 1 fully saturated rings. The average molecular weight is 247 g/mol. The van der Waals surface area contributed by atoms with Crippen LogP contribution in [0.3, 0.4) is 0 Å². The first-order chi connectivity index (χ1) is 8.68. The van der Waals surface area contributed by atoms with Gasteiger partial charge in [-0.2, -0.15) is 0 Å². The second-order valence-electron chi connectivity index (χ2n) is 5.04. The first-order valence-corrected chi connectivity index (χ1v) is 6.62. The van der Waals surface area contributed by atoms with Gasteiger partial charge >= 0.3 is 0 Å². The summed E-state index contributed by atoms with van der Waals surface area (Å²) in [4.78, 5) is 16.3. The zero-order chi connectivity index (χ0) is 13.0.